The number of imide groups is 1. The minimum atomic E-state index is -1.28. The van der Waals surface area contributed by atoms with Gasteiger partial charge in [0, 0.05) is 5.56 Å². The molecule has 1 unspecified atom stereocenters. The first-order chi connectivity index (χ1) is 14.9. The Hall–Kier alpha value is -3.02. The fourth-order valence-corrected chi connectivity index (χ4v) is 4.76. The Balaban J connectivity index is 1.49. The lowest BCUT2D eigenvalue weighted by atomic mass is 9.84. The molecule has 1 atom stereocenters. The van der Waals surface area contributed by atoms with Crippen molar-refractivity contribution in [2.45, 2.75) is 56.9 Å². The molecule has 0 aromatic heterocycles. The van der Waals surface area contributed by atoms with Crippen LogP contribution in [0, 0.1) is 5.82 Å². The molecule has 5 nitrogen and oxygen atoms in total. The van der Waals surface area contributed by atoms with E-state index in [1.54, 1.807) is 19.1 Å². The first kappa shape index (κ1) is 21.2. The number of rotatable bonds is 6. The van der Waals surface area contributed by atoms with Gasteiger partial charge in [-0.3, -0.25) is 14.5 Å². The smallest absolute Gasteiger partial charge is 0.319 e. The molecule has 3 amide bonds. The van der Waals surface area contributed by atoms with Crippen LogP contribution >= 0.6 is 0 Å². The van der Waals surface area contributed by atoms with E-state index in [9.17, 15) is 18.8 Å². The molecule has 0 spiro atoms. The SMILES string of the molecule is CCC1(c2ccc(F)cc2)NC(=O)N(CC(=O)c2ccc(C3CCCCC3)cc2)C1=O. The number of benzene rings is 2. The standard InChI is InChI=1S/C25H27FN2O3/c1-2-25(20-12-14-21(26)15-13-20)23(30)28(24(31)27-25)16-22(29)19-10-8-18(9-11-19)17-6-4-3-5-7-17/h8-15,17H,2-7,16H2,1H3,(H,27,31). The van der Waals surface area contributed by atoms with Crippen molar-refractivity contribution in [2.75, 3.05) is 6.54 Å². The largest absolute Gasteiger partial charge is 0.325 e. The van der Waals surface area contributed by atoms with Crippen molar-refractivity contribution >= 4 is 17.7 Å². The van der Waals surface area contributed by atoms with Gasteiger partial charge in [-0.05, 0) is 48.4 Å². The highest BCUT2D eigenvalue weighted by molar-refractivity contribution is 6.11. The van der Waals surface area contributed by atoms with E-state index in [-0.39, 0.29) is 12.3 Å². The van der Waals surface area contributed by atoms with Crippen molar-refractivity contribution in [1.29, 1.82) is 0 Å². The number of halogens is 1. The lowest BCUT2D eigenvalue weighted by Crippen LogP contribution is -2.43. The molecule has 1 heterocycles. The average molecular weight is 423 g/mol. The van der Waals surface area contributed by atoms with Crippen molar-refractivity contribution in [1.82, 2.24) is 10.2 Å². The van der Waals surface area contributed by atoms with E-state index >= 15 is 0 Å². The van der Waals surface area contributed by atoms with Gasteiger partial charge in [0.1, 0.15) is 11.4 Å². The van der Waals surface area contributed by atoms with Crippen molar-refractivity contribution in [3.05, 3.63) is 71.0 Å². The second-order valence-electron chi connectivity index (χ2n) is 8.47. The lowest BCUT2D eigenvalue weighted by Gasteiger charge is -2.25. The molecule has 2 aromatic rings. The highest BCUT2D eigenvalue weighted by Gasteiger charge is 2.51. The van der Waals surface area contributed by atoms with Crippen LogP contribution < -0.4 is 5.32 Å². The van der Waals surface area contributed by atoms with E-state index in [0.29, 0.717) is 23.5 Å². The first-order valence-corrected chi connectivity index (χ1v) is 11.0. The fourth-order valence-electron chi connectivity index (χ4n) is 4.76. The molecule has 1 saturated heterocycles. The van der Waals surface area contributed by atoms with Crippen molar-refractivity contribution in [3.8, 4) is 0 Å². The van der Waals surface area contributed by atoms with E-state index in [0.717, 1.165) is 4.90 Å². The topological polar surface area (TPSA) is 66.5 Å². The predicted octanol–water partition coefficient (Wildman–Crippen LogP) is 4.91. The molecule has 31 heavy (non-hydrogen) atoms. The highest BCUT2D eigenvalue weighted by atomic mass is 19.1. The number of hydrogen-bond donors (Lipinski definition) is 1. The Kier molecular flexibility index (Phi) is 5.90. The van der Waals surface area contributed by atoms with Gasteiger partial charge in [-0.1, -0.05) is 62.6 Å². The van der Waals surface area contributed by atoms with Crippen molar-refractivity contribution < 1.29 is 18.8 Å². The molecular formula is C25H27FN2O3. The number of nitrogens with one attached hydrogen (secondary N) is 1. The molecule has 162 valence electrons. The lowest BCUT2D eigenvalue weighted by molar-refractivity contribution is -0.131. The van der Waals surface area contributed by atoms with E-state index < -0.39 is 23.3 Å². The van der Waals surface area contributed by atoms with Crippen LogP contribution in [-0.2, 0) is 10.3 Å². The number of carbonyl (C=O) groups is 3. The summed E-state index contributed by atoms with van der Waals surface area (Å²) in [7, 11) is 0. The zero-order valence-corrected chi connectivity index (χ0v) is 17.7. The average Bonchev–Trinajstić information content (AvgIpc) is 3.05. The van der Waals surface area contributed by atoms with Gasteiger partial charge >= 0.3 is 6.03 Å². The minimum absolute atomic E-state index is 0.287. The van der Waals surface area contributed by atoms with Gasteiger partial charge in [-0.15, -0.1) is 0 Å². The fraction of sp³-hybridized carbons (Fsp3) is 0.400. The number of amides is 3. The maximum absolute atomic E-state index is 13.3. The van der Waals surface area contributed by atoms with Crippen LogP contribution in [0.5, 0.6) is 0 Å². The maximum atomic E-state index is 13.3. The molecule has 6 heteroatoms. The second kappa shape index (κ2) is 8.61. The first-order valence-electron chi connectivity index (χ1n) is 11.0. The van der Waals surface area contributed by atoms with Gasteiger partial charge in [-0.2, -0.15) is 0 Å². The number of ketones is 1. The van der Waals surface area contributed by atoms with Gasteiger partial charge in [0.05, 0.1) is 6.54 Å². The normalized spacial score (nSPS) is 21.9. The molecule has 1 aliphatic heterocycles. The molecule has 1 aliphatic carbocycles. The Morgan fingerprint density at radius 1 is 1.03 bits per heavy atom. The third-order valence-electron chi connectivity index (χ3n) is 6.65. The zero-order chi connectivity index (χ0) is 22.0. The third kappa shape index (κ3) is 3.99. The van der Waals surface area contributed by atoms with Crippen molar-refractivity contribution in [2.24, 2.45) is 0 Å². The number of hydrogen-bond acceptors (Lipinski definition) is 3. The quantitative estimate of drug-likeness (QED) is 0.531. The Labute approximate surface area is 181 Å². The van der Waals surface area contributed by atoms with E-state index in [4.69, 9.17) is 0 Å². The van der Waals surface area contributed by atoms with Crippen LogP contribution in [-0.4, -0.2) is 29.2 Å². The van der Waals surface area contributed by atoms with Crippen LogP contribution in [0.15, 0.2) is 48.5 Å². The van der Waals surface area contributed by atoms with Gasteiger partial charge in [-0.25, -0.2) is 9.18 Å². The molecule has 4 rings (SSSR count). The van der Waals surface area contributed by atoms with Crippen LogP contribution in [0.1, 0.15) is 72.9 Å². The molecule has 2 fully saturated rings. The summed E-state index contributed by atoms with van der Waals surface area (Å²) in [6, 6.07) is 12.5. The summed E-state index contributed by atoms with van der Waals surface area (Å²) in [6.45, 7) is 1.45. The van der Waals surface area contributed by atoms with Gasteiger partial charge in [0.15, 0.2) is 5.78 Å². The van der Waals surface area contributed by atoms with Crippen LogP contribution in [0.4, 0.5) is 9.18 Å². The maximum Gasteiger partial charge on any atom is 0.325 e. The Morgan fingerprint density at radius 2 is 1.68 bits per heavy atom. The van der Waals surface area contributed by atoms with E-state index in [1.165, 1.54) is 61.9 Å². The predicted molar refractivity (Wildman–Crippen MR) is 115 cm³/mol. The molecule has 2 aliphatic rings. The van der Waals surface area contributed by atoms with Crippen LogP contribution in [0.3, 0.4) is 0 Å². The van der Waals surface area contributed by atoms with Crippen molar-refractivity contribution in [3.63, 3.8) is 0 Å². The molecule has 2 aromatic carbocycles. The van der Waals surface area contributed by atoms with Gasteiger partial charge in [0.25, 0.3) is 5.91 Å². The number of urea groups is 1. The highest BCUT2D eigenvalue weighted by Crippen LogP contribution is 2.34. The minimum Gasteiger partial charge on any atom is -0.319 e. The van der Waals surface area contributed by atoms with Crippen LogP contribution in [0.25, 0.3) is 0 Å². The monoisotopic (exact) mass is 422 g/mol. The van der Waals surface area contributed by atoms with Gasteiger partial charge in [0.2, 0.25) is 0 Å². The molecule has 0 bridgehead atoms. The molecule has 1 saturated carbocycles. The zero-order valence-electron chi connectivity index (χ0n) is 17.7. The summed E-state index contributed by atoms with van der Waals surface area (Å²) in [5.74, 6) is -0.649. The molecule has 1 N–H and O–H groups in total. The Morgan fingerprint density at radius 3 is 2.29 bits per heavy atom. The van der Waals surface area contributed by atoms with Gasteiger partial charge < -0.3 is 5.32 Å². The van der Waals surface area contributed by atoms with E-state index in [1.807, 2.05) is 12.1 Å². The number of carbonyl (C=O) groups excluding carboxylic acids is 3. The second-order valence-corrected chi connectivity index (χ2v) is 8.47. The summed E-state index contributed by atoms with van der Waals surface area (Å²) in [5, 5.41) is 2.72. The van der Waals surface area contributed by atoms with E-state index in [2.05, 4.69) is 5.32 Å². The number of nitrogens with zero attached hydrogens (tertiary/aromatic N) is 1. The summed E-state index contributed by atoms with van der Waals surface area (Å²) in [6.07, 6.45) is 6.42. The van der Waals surface area contributed by atoms with Crippen LogP contribution in [0.2, 0.25) is 0 Å². The molecular weight excluding hydrogens is 395 g/mol. The summed E-state index contributed by atoms with van der Waals surface area (Å²) in [4.78, 5) is 39.6. The number of Topliss-reactive ketones (excluding diaryl/α,β-unsaturated/α-hetero) is 1. The third-order valence-corrected chi connectivity index (χ3v) is 6.65. The summed E-state index contributed by atoms with van der Waals surface area (Å²) < 4.78 is 13.3. The molecule has 0 radical (unpaired) electrons. The summed E-state index contributed by atoms with van der Waals surface area (Å²) >= 11 is 0. The summed E-state index contributed by atoms with van der Waals surface area (Å²) in [5.41, 5.74) is 0.945. The Bertz CT molecular complexity index is 981.